The minimum atomic E-state index is -0.237. The van der Waals surface area contributed by atoms with Crippen LogP contribution in [0, 0.1) is 11.7 Å². The molecule has 0 fully saturated rings. The van der Waals surface area contributed by atoms with E-state index in [1.165, 1.54) is 12.1 Å². The molecule has 0 aliphatic carbocycles. The number of nitrogens with one attached hydrogen (secondary N) is 2. The van der Waals surface area contributed by atoms with E-state index in [4.69, 9.17) is 0 Å². The van der Waals surface area contributed by atoms with Gasteiger partial charge in [0, 0.05) is 29.7 Å². The quantitative estimate of drug-likeness (QED) is 0.571. The zero-order valence-corrected chi connectivity index (χ0v) is 13.5. The summed E-state index contributed by atoms with van der Waals surface area (Å²) in [5.41, 5.74) is 0. The Labute approximate surface area is 130 Å². The Hall–Kier alpha value is -0.780. The van der Waals surface area contributed by atoms with Gasteiger partial charge in [-0.3, -0.25) is 4.79 Å². The van der Waals surface area contributed by atoms with Gasteiger partial charge in [-0.2, -0.15) is 0 Å². The highest BCUT2D eigenvalue weighted by molar-refractivity contribution is 7.99. The van der Waals surface area contributed by atoms with E-state index in [-0.39, 0.29) is 30.0 Å². The molecule has 0 aliphatic heterocycles. The molecule has 0 saturated carbocycles. The highest BCUT2D eigenvalue weighted by Gasteiger charge is 2.12. The van der Waals surface area contributed by atoms with Crippen LogP contribution in [-0.4, -0.2) is 31.3 Å². The van der Waals surface area contributed by atoms with Crippen LogP contribution in [0.25, 0.3) is 0 Å². The molecule has 0 bridgehead atoms. The monoisotopic (exact) mass is 320 g/mol. The Kier molecular flexibility index (Phi) is 10.5. The summed E-state index contributed by atoms with van der Waals surface area (Å²) in [6.45, 7) is 6.28. The van der Waals surface area contributed by atoms with E-state index in [9.17, 15) is 9.18 Å². The molecule has 1 atom stereocenters. The fourth-order valence-electron chi connectivity index (χ4n) is 1.45. The largest absolute Gasteiger partial charge is 0.355 e. The van der Waals surface area contributed by atoms with Crippen LogP contribution in [0.4, 0.5) is 4.39 Å². The normalized spacial score (nSPS) is 11.6. The first kappa shape index (κ1) is 19.2. The van der Waals surface area contributed by atoms with Crippen molar-refractivity contribution in [2.75, 3.05) is 25.4 Å². The fraction of sp³-hybridized carbons (Fsp3) is 0.500. The van der Waals surface area contributed by atoms with Gasteiger partial charge in [0.2, 0.25) is 5.91 Å². The minimum Gasteiger partial charge on any atom is -0.355 e. The van der Waals surface area contributed by atoms with Crippen LogP contribution >= 0.6 is 24.2 Å². The fourth-order valence-corrected chi connectivity index (χ4v) is 2.38. The van der Waals surface area contributed by atoms with E-state index in [1.54, 1.807) is 23.9 Å². The standard InChI is InChI=1S/C14H21FN2OS.ClH/c1-3-16-8-9-17-14(18)11(2)10-19-13-6-4-12(15)5-7-13;/h4-7,11,16H,3,8-10H2,1-2H3,(H,17,18);1H. The molecule has 0 aliphatic rings. The van der Waals surface area contributed by atoms with E-state index in [0.717, 1.165) is 18.0 Å². The van der Waals surface area contributed by atoms with Crippen molar-refractivity contribution in [2.24, 2.45) is 5.92 Å². The molecular formula is C14H22ClFN2OS. The lowest BCUT2D eigenvalue weighted by molar-refractivity contribution is -0.123. The molecule has 1 aromatic carbocycles. The van der Waals surface area contributed by atoms with Crippen LogP contribution in [0.1, 0.15) is 13.8 Å². The molecule has 0 heterocycles. The summed E-state index contributed by atoms with van der Waals surface area (Å²) in [4.78, 5) is 12.7. The number of hydrogen-bond donors (Lipinski definition) is 2. The zero-order chi connectivity index (χ0) is 14.1. The average molecular weight is 321 g/mol. The molecule has 2 N–H and O–H groups in total. The molecule has 114 valence electrons. The lowest BCUT2D eigenvalue weighted by Crippen LogP contribution is -2.35. The van der Waals surface area contributed by atoms with Gasteiger partial charge in [-0.05, 0) is 30.8 Å². The SMILES string of the molecule is CCNCCNC(=O)C(C)CSc1ccc(F)cc1.Cl. The molecule has 6 heteroatoms. The molecule has 0 aromatic heterocycles. The molecule has 1 rings (SSSR count). The predicted molar refractivity (Wildman–Crippen MR) is 85.1 cm³/mol. The molecular weight excluding hydrogens is 299 g/mol. The van der Waals surface area contributed by atoms with Crippen molar-refractivity contribution in [3.63, 3.8) is 0 Å². The maximum atomic E-state index is 12.7. The second kappa shape index (κ2) is 10.9. The number of amides is 1. The van der Waals surface area contributed by atoms with Crippen molar-refractivity contribution in [1.82, 2.24) is 10.6 Å². The summed E-state index contributed by atoms with van der Waals surface area (Å²) in [7, 11) is 0. The van der Waals surface area contributed by atoms with Crippen molar-refractivity contribution in [2.45, 2.75) is 18.7 Å². The van der Waals surface area contributed by atoms with E-state index in [1.807, 2.05) is 13.8 Å². The third kappa shape index (κ3) is 7.72. The second-order valence-corrected chi connectivity index (χ2v) is 5.40. The van der Waals surface area contributed by atoms with E-state index in [2.05, 4.69) is 10.6 Å². The number of thioether (sulfide) groups is 1. The first-order valence-electron chi connectivity index (χ1n) is 6.50. The van der Waals surface area contributed by atoms with Crippen LogP contribution in [0.5, 0.6) is 0 Å². The van der Waals surface area contributed by atoms with Gasteiger partial charge in [-0.15, -0.1) is 24.2 Å². The lowest BCUT2D eigenvalue weighted by Gasteiger charge is -2.12. The average Bonchev–Trinajstić information content (AvgIpc) is 2.42. The maximum absolute atomic E-state index is 12.7. The highest BCUT2D eigenvalue weighted by Crippen LogP contribution is 2.20. The van der Waals surface area contributed by atoms with Crippen LogP contribution in [0.2, 0.25) is 0 Å². The topological polar surface area (TPSA) is 41.1 Å². The predicted octanol–water partition coefficient (Wildman–Crippen LogP) is 2.70. The van der Waals surface area contributed by atoms with Crippen molar-refractivity contribution >= 4 is 30.1 Å². The number of halogens is 2. The van der Waals surface area contributed by atoms with Crippen LogP contribution < -0.4 is 10.6 Å². The number of rotatable bonds is 8. The van der Waals surface area contributed by atoms with Gasteiger partial charge in [-0.1, -0.05) is 13.8 Å². The molecule has 20 heavy (non-hydrogen) atoms. The Morgan fingerprint density at radius 2 is 1.95 bits per heavy atom. The van der Waals surface area contributed by atoms with Crippen molar-refractivity contribution < 1.29 is 9.18 Å². The van der Waals surface area contributed by atoms with Crippen LogP contribution in [0.3, 0.4) is 0 Å². The van der Waals surface area contributed by atoms with Gasteiger partial charge < -0.3 is 10.6 Å². The van der Waals surface area contributed by atoms with Crippen molar-refractivity contribution in [1.29, 1.82) is 0 Å². The molecule has 0 radical (unpaired) electrons. The Bertz CT molecular complexity index is 389. The zero-order valence-electron chi connectivity index (χ0n) is 11.8. The van der Waals surface area contributed by atoms with Gasteiger partial charge in [-0.25, -0.2) is 4.39 Å². The van der Waals surface area contributed by atoms with Crippen LogP contribution in [-0.2, 0) is 4.79 Å². The summed E-state index contributed by atoms with van der Waals surface area (Å²) < 4.78 is 12.7. The highest BCUT2D eigenvalue weighted by atomic mass is 35.5. The second-order valence-electron chi connectivity index (χ2n) is 4.31. The van der Waals surface area contributed by atoms with Crippen LogP contribution in [0.15, 0.2) is 29.2 Å². The van der Waals surface area contributed by atoms with E-state index < -0.39 is 0 Å². The maximum Gasteiger partial charge on any atom is 0.223 e. The van der Waals surface area contributed by atoms with E-state index >= 15 is 0 Å². The summed E-state index contributed by atoms with van der Waals surface area (Å²) in [5, 5.41) is 6.04. The molecule has 1 amide bonds. The first-order valence-corrected chi connectivity index (χ1v) is 7.48. The Morgan fingerprint density at radius 1 is 1.30 bits per heavy atom. The number of hydrogen-bond acceptors (Lipinski definition) is 3. The molecule has 0 spiro atoms. The molecule has 3 nitrogen and oxygen atoms in total. The lowest BCUT2D eigenvalue weighted by atomic mass is 10.2. The van der Waals surface area contributed by atoms with Gasteiger partial charge in [0.1, 0.15) is 5.82 Å². The van der Waals surface area contributed by atoms with Crippen molar-refractivity contribution in [3.8, 4) is 0 Å². The summed E-state index contributed by atoms with van der Waals surface area (Å²) in [5.74, 6) is 0.460. The smallest absolute Gasteiger partial charge is 0.223 e. The minimum absolute atomic E-state index is 0. The van der Waals surface area contributed by atoms with Gasteiger partial charge in [0.05, 0.1) is 0 Å². The van der Waals surface area contributed by atoms with Gasteiger partial charge in [0.25, 0.3) is 0 Å². The number of likely N-dealkylation sites (N-methyl/N-ethyl adjacent to an activating group) is 1. The summed E-state index contributed by atoms with van der Waals surface area (Å²) in [6, 6.07) is 6.33. The molecule has 0 saturated heterocycles. The van der Waals surface area contributed by atoms with Gasteiger partial charge in [0.15, 0.2) is 0 Å². The summed E-state index contributed by atoms with van der Waals surface area (Å²) >= 11 is 1.57. The molecule has 1 unspecified atom stereocenters. The van der Waals surface area contributed by atoms with Gasteiger partial charge >= 0.3 is 0 Å². The number of benzene rings is 1. The number of carbonyl (C=O) groups excluding carboxylic acids is 1. The Morgan fingerprint density at radius 3 is 2.55 bits per heavy atom. The number of carbonyl (C=O) groups is 1. The molecule has 1 aromatic rings. The Balaban J connectivity index is 0.00000361. The van der Waals surface area contributed by atoms with E-state index in [0.29, 0.717) is 12.3 Å². The third-order valence-corrected chi connectivity index (χ3v) is 3.88. The summed E-state index contributed by atoms with van der Waals surface area (Å²) in [6.07, 6.45) is 0. The first-order chi connectivity index (χ1) is 9.13. The third-order valence-electron chi connectivity index (χ3n) is 2.61. The van der Waals surface area contributed by atoms with Crippen molar-refractivity contribution in [3.05, 3.63) is 30.1 Å².